The van der Waals surface area contributed by atoms with Crippen LogP contribution in [-0.4, -0.2) is 89.7 Å². The summed E-state index contributed by atoms with van der Waals surface area (Å²) in [6.07, 6.45) is 6.03. The molecule has 0 saturated carbocycles. The number of thioether (sulfide) groups is 1. The minimum atomic E-state index is -0.932. The Hall–Kier alpha value is -3.91. The molecule has 1 aromatic heterocycles. The number of hydrogen-bond acceptors (Lipinski definition) is 11. The van der Waals surface area contributed by atoms with Gasteiger partial charge in [-0.25, -0.2) is 9.78 Å². The average Bonchev–Trinajstić information content (AvgIpc) is 3.44. The second-order valence-corrected chi connectivity index (χ2v) is 13.3. The van der Waals surface area contributed by atoms with Gasteiger partial charge in [0.2, 0.25) is 11.8 Å². The number of aromatic nitrogens is 2. The second-order valence-electron chi connectivity index (χ2n) is 12.3. The van der Waals surface area contributed by atoms with E-state index in [9.17, 15) is 24.0 Å². The van der Waals surface area contributed by atoms with E-state index in [2.05, 4.69) is 16.0 Å². The van der Waals surface area contributed by atoms with Crippen molar-refractivity contribution in [3.63, 3.8) is 0 Å². The Bertz CT molecular complexity index is 1370. The zero-order chi connectivity index (χ0) is 37.1. The maximum Gasteiger partial charge on any atom is 0.328 e. The lowest BCUT2D eigenvalue weighted by Crippen LogP contribution is -2.57. The summed E-state index contributed by atoms with van der Waals surface area (Å²) >= 11 is 1.55. The molecule has 0 fully saturated rings. The number of nitrogens with zero attached hydrogens (tertiary/aromatic N) is 2. The number of ether oxygens (including phenoxy) is 3. The highest BCUT2D eigenvalue weighted by atomic mass is 32.2. The first-order chi connectivity index (χ1) is 23.9. The second kappa shape index (κ2) is 22.7. The highest BCUT2D eigenvalue weighted by Gasteiger charge is 2.31. The molecule has 1 heterocycles. The summed E-state index contributed by atoms with van der Waals surface area (Å²) in [6, 6.07) is 6.96. The molecule has 13 nitrogen and oxygen atoms in total. The van der Waals surface area contributed by atoms with Gasteiger partial charge < -0.3 is 29.4 Å². The third-order valence-corrected chi connectivity index (χ3v) is 8.74. The zero-order valence-corrected chi connectivity index (χ0v) is 31.3. The number of nitrogens with one attached hydrogen (secondary N) is 3. The van der Waals surface area contributed by atoms with Crippen molar-refractivity contribution in [2.24, 2.45) is 18.9 Å². The van der Waals surface area contributed by atoms with Gasteiger partial charge in [-0.3, -0.25) is 24.5 Å². The molecule has 0 unspecified atom stereocenters. The van der Waals surface area contributed by atoms with Crippen LogP contribution in [0.5, 0.6) is 0 Å². The Balaban J connectivity index is 2.11. The van der Waals surface area contributed by atoms with E-state index in [4.69, 9.17) is 19.2 Å². The van der Waals surface area contributed by atoms with Gasteiger partial charge in [-0.15, -0.1) is 0 Å². The smallest absolute Gasteiger partial charge is 0.328 e. The SMILES string of the molecule is CCOC(=O)C[C@@H](CCCc1nc(CN[C@H](C(=O)N[C@@H](Cc2ccccc2)C(=O)N[C@@H](CCSC)C(=O)OC)C(C)C)cn1C)C(=O)OCC. The number of hydrogen-bond donors (Lipinski definition) is 3. The van der Waals surface area contributed by atoms with Gasteiger partial charge in [0.1, 0.15) is 17.9 Å². The Morgan fingerprint density at radius 2 is 1.60 bits per heavy atom. The first-order valence-electron chi connectivity index (χ1n) is 17.2. The number of amides is 2. The molecule has 14 heteroatoms. The van der Waals surface area contributed by atoms with E-state index in [1.165, 1.54) is 7.11 Å². The van der Waals surface area contributed by atoms with E-state index < -0.39 is 47.9 Å². The average molecular weight is 718 g/mol. The number of carbonyl (C=O) groups is 5. The topological polar surface area (TPSA) is 167 Å². The van der Waals surface area contributed by atoms with Crippen molar-refractivity contribution in [1.82, 2.24) is 25.5 Å². The third kappa shape index (κ3) is 14.5. The molecular weight excluding hydrogens is 662 g/mol. The first kappa shape index (κ1) is 42.3. The number of benzene rings is 1. The number of imidazole rings is 1. The highest BCUT2D eigenvalue weighted by molar-refractivity contribution is 7.98. The van der Waals surface area contributed by atoms with Gasteiger partial charge in [0.05, 0.1) is 44.4 Å². The fraction of sp³-hybridized carbons (Fsp3) is 0.611. The number of methoxy groups -OCH3 is 1. The molecule has 0 aliphatic heterocycles. The van der Waals surface area contributed by atoms with Crippen molar-refractivity contribution in [2.75, 3.05) is 32.3 Å². The van der Waals surface area contributed by atoms with E-state index in [0.29, 0.717) is 38.0 Å². The van der Waals surface area contributed by atoms with Gasteiger partial charge in [0.25, 0.3) is 0 Å². The van der Waals surface area contributed by atoms with Crippen molar-refractivity contribution in [1.29, 1.82) is 0 Å². The molecule has 4 atom stereocenters. The molecule has 0 saturated heterocycles. The lowest BCUT2D eigenvalue weighted by Gasteiger charge is -2.26. The predicted octanol–water partition coefficient (Wildman–Crippen LogP) is 3.13. The van der Waals surface area contributed by atoms with Crippen LogP contribution in [0, 0.1) is 11.8 Å². The zero-order valence-electron chi connectivity index (χ0n) is 30.5. The van der Waals surface area contributed by atoms with Crippen molar-refractivity contribution in [3.05, 3.63) is 53.6 Å². The largest absolute Gasteiger partial charge is 0.467 e. The normalized spacial score (nSPS) is 13.5. The molecule has 0 bridgehead atoms. The molecule has 2 aromatic rings. The molecule has 278 valence electrons. The molecule has 2 amide bonds. The van der Waals surface area contributed by atoms with Crippen molar-refractivity contribution in [2.45, 2.75) is 90.9 Å². The first-order valence-corrected chi connectivity index (χ1v) is 18.6. The van der Waals surface area contributed by atoms with Crippen LogP contribution in [0.2, 0.25) is 0 Å². The lowest BCUT2D eigenvalue weighted by molar-refractivity contribution is -0.155. The van der Waals surface area contributed by atoms with Gasteiger partial charge in [0, 0.05) is 32.6 Å². The molecule has 50 heavy (non-hydrogen) atoms. The summed E-state index contributed by atoms with van der Waals surface area (Å²) in [5.41, 5.74) is 1.58. The van der Waals surface area contributed by atoms with Crippen molar-refractivity contribution >= 4 is 41.5 Å². The van der Waals surface area contributed by atoms with Crippen molar-refractivity contribution in [3.8, 4) is 0 Å². The quantitative estimate of drug-likeness (QED) is 0.114. The van der Waals surface area contributed by atoms with Crippen LogP contribution < -0.4 is 16.0 Å². The van der Waals surface area contributed by atoms with Crippen LogP contribution in [0.25, 0.3) is 0 Å². The molecule has 2 rings (SSSR count). The van der Waals surface area contributed by atoms with Crippen LogP contribution in [0.4, 0.5) is 0 Å². The van der Waals surface area contributed by atoms with E-state index in [1.807, 2.05) is 68.2 Å². The number of carbonyl (C=O) groups excluding carboxylic acids is 5. The Morgan fingerprint density at radius 1 is 0.920 bits per heavy atom. The van der Waals surface area contributed by atoms with E-state index in [-0.39, 0.29) is 37.9 Å². The lowest BCUT2D eigenvalue weighted by atomic mass is 9.98. The van der Waals surface area contributed by atoms with Gasteiger partial charge in [-0.05, 0) is 56.6 Å². The standard InChI is InChI=1S/C36H55N5O8S/c1-8-48-31(42)21-26(35(45)49-9-2)16-13-17-30-38-27(23-41(30)5)22-37-32(24(3)4)34(44)40-29(20-25-14-11-10-12-15-25)33(43)39-28(18-19-50-7)36(46)47-6/h10-12,14-15,23-24,26,28-29,32,37H,8-9,13,16-22H2,1-7H3,(H,39,43)(H,40,44)/t26-,28+,29+,32+/m1/s1. The van der Waals surface area contributed by atoms with Gasteiger partial charge in [-0.2, -0.15) is 11.8 Å². The fourth-order valence-electron chi connectivity index (χ4n) is 5.45. The number of esters is 3. The van der Waals surface area contributed by atoms with Crippen LogP contribution in [0.15, 0.2) is 36.5 Å². The van der Waals surface area contributed by atoms with E-state index >= 15 is 0 Å². The van der Waals surface area contributed by atoms with E-state index in [1.54, 1.807) is 25.6 Å². The maximum atomic E-state index is 13.7. The monoisotopic (exact) mass is 717 g/mol. The Morgan fingerprint density at radius 3 is 2.22 bits per heavy atom. The summed E-state index contributed by atoms with van der Waals surface area (Å²) < 4.78 is 17.0. The predicted molar refractivity (Wildman–Crippen MR) is 192 cm³/mol. The molecule has 3 N–H and O–H groups in total. The van der Waals surface area contributed by atoms with Crippen LogP contribution in [0.3, 0.4) is 0 Å². The number of aryl methyl sites for hydroxylation is 2. The molecule has 0 aliphatic rings. The summed E-state index contributed by atoms with van der Waals surface area (Å²) in [5, 5.41) is 9.03. The Labute approximate surface area is 300 Å². The molecular formula is C36H55N5O8S. The van der Waals surface area contributed by atoms with Crippen LogP contribution in [0.1, 0.15) is 70.5 Å². The molecule has 0 radical (unpaired) electrons. The van der Waals surface area contributed by atoms with E-state index in [0.717, 1.165) is 17.1 Å². The van der Waals surface area contributed by atoms with Gasteiger partial charge >= 0.3 is 17.9 Å². The highest BCUT2D eigenvalue weighted by Crippen LogP contribution is 2.17. The summed E-state index contributed by atoms with van der Waals surface area (Å²) in [5.74, 6) is -1.46. The van der Waals surface area contributed by atoms with Crippen LogP contribution in [-0.2, 0) is 64.6 Å². The summed E-state index contributed by atoms with van der Waals surface area (Å²) in [4.78, 5) is 68.9. The minimum absolute atomic E-state index is 0.0290. The Kier molecular flexibility index (Phi) is 19.2. The number of rotatable bonds is 23. The summed E-state index contributed by atoms with van der Waals surface area (Å²) in [6.45, 7) is 8.06. The van der Waals surface area contributed by atoms with Crippen molar-refractivity contribution < 1.29 is 38.2 Å². The fourth-order valence-corrected chi connectivity index (χ4v) is 5.92. The third-order valence-electron chi connectivity index (χ3n) is 8.09. The molecule has 0 spiro atoms. The maximum absolute atomic E-state index is 13.7. The minimum Gasteiger partial charge on any atom is -0.467 e. The van der Waals surface area contributed by atoms with Gasteiger partial charge in [0.15, 0.2) is 0 Å². The van der Waals surface area contributed by atoms with Crippen LogP contribution >= 0.6 is 11.8 Å². The molecule has 1 aromatic carbocycles. The van der Waals surface area contributed by atoms with Gasteiger partial charge in [-0.1, -0.05) is 44.2 Å². The summed E-state index contributed by atoms with van der Waals surface area (Å²) in [7, 11) is 3.16. The molecule has 0 aliphatic carbocycles.